The van der Waals surface area contributed by atoms with Crippen LogP contribution < -0.4 is 11.5 Å². The number of aromatic nitrogens is 1. The summed E-state index contributed by atoms with van der Waals surface area (Å²) in [6.45, 7) is 5.59. The van der Waals surface area contributed by atoms with E-state index in [1.54, 1.807) is 18.1 Å². The van der Waals surface area contributed by atoms with Gasteiger partial charge in [-0.25, -0.2) is 15.0 Å². The van der Waals surface area contributed by atoms with E-state index in [-0.39, 0.29) is 5.25 Å². The fraction of sp³-hybridized carbons (Fsp3) is 0.611. The van der Waals surface area contributed by atoms with Crippen LogP contribution in [0.5, 0.6) is 0 Å². The van der Waals surface area contributed by atoms with Crippen molar-refractivity contribution in [2.45, 2.75) is 35.4 Å². The van der Waals surface area contributed by atoms with Crippen LogP contribution >= 0.6 is 11.8 Å². The highest BCUT2D eigenvalue weighted by Gasteiger charge is 2.47. The molecule has 0 aliphatic carbocycles. The van der Waals surface area contributed by atoms with Gasteiger partial charge in [-0.15, -0.1) is 0 Å². The van der Waals surface area contributed by atoms with Crippen molar-refractivity contribution in [3.63, 3.8) is 0 Å². The minimum atomic E-state index is -0.687. The minimum absolute atomic E-state index is 0.0280. The third kappa shape index (κ3) is 2.98. The Morgan fingerprint density at radius 2 is 2.07 bits per heavy atom. The lowest BCUT2D eigenvalue weighted by molar-refractivity contribution is 0.0349. The zero-order valence-electron chi connectivity index (χ0n) is 15.2. The van der Waals surface area contributed by atoms with Crippen LogP contribution in [-0.2, 0) is 22.5 Å². The Balaban J connectivity index is 1.44. The molecule has 2 atom stereocenters. The number of fused-ring (bicyclic) bond motifs is 5. The molecule has 4 aliphatic heterocycles. The number of morpholine rings is 1. The molecular weight excluding hydrogens is 364 g/mol. The largest absolute Gasteiger partial charge is 0.383 e. The molecule has 1 fully saturated rings. The number of ether oxygens (including phenoxy) is 2. The Morgan fingerprint density at radius 3 is 2.93 bits per heavy atom. The zero-order chi connectivity index (χ0) is 18.4. The Kier molecular flexibility index (Phi) is 4.44. The van der Waals surface area contributed by atoms with Crippen molar-refractivity contribution in [1.82, 2.24) is 9.88 Å². The molecule has 2 unspecified atom stereocenters. The second-order valence-electron chi connectivity index (χ2n) is 7.39. The first kappa shape index (κ1) is 17.6. The molecule has 9 heteroatoms. The van der Waals surface area contributed by atoms with Crippen molar-refractivity contribution in [1.29, 1.82) is 0 Å². The van der Waals surface area contributed by atoms with E-state index in [2.05, 4.69) is 19.9 Å². The molecule has 144 valence electrons. The van der Waals surface area contributed by atoms with Gasteiger partial charge in [0.1, 0.15) is 22.8 Å². The summed E-state index contributed by atoms with van der Waals surface area (Å²) in [5.74, 6) is 0.562. The van der Waals surface area contributed by atoms with Gasteiger partial charge < -0.3 is 20.9 Å². The van der Waals surface area contributed by atoms with Crippen molar-refractivity contribution in [3.8, 4) is 0 Å². The van der Waals surface area contributed by atoms with E-state index in [0.29, 0.717) is 19.0 Å². The lowest BCUT2D eigenvalue weighted by Crippen LogP contribution is -2.54. The van der Waals surface area contributed by atoms with Crippen LogP contribution in [0, 0.1) is 0 Å². The van der Waals surface area contributed by atoms with E-state index in [0.717, 1.165) is 67.6 Å². The van der Waals surface area contributed by atoms with E-state index in [1.165, 1.54) is 5.56 Å². The third-order valence-electron chi connectivity index (χ3n) is 5.77. The summed E-state index contributed by atoms with van der Waals surface area (Å²) in [5, 5.41) is 0.906. The molecule has 1 aromatic rings. The van der Waals surface area contributed by atoms with Gasteiger partial charge in [0.2, 0.25) is 0 Å². The SMILES string of the molecule is Nc1nc2c(c3c1COCC3)C1=NC=NC(N)(CCN3CCOCC3)C1S2. The zero-order valence-corrected chi connectivity index (χ0v) is 16.0. The topological polar surface area (TPSA) is 111 Å². The van der Waals surface area contributed by atoms with Crippen LogP contribution in [-0.4, -0.2) is 72.3 Å². The molecule has 0 aromatic carbocycles. The van der Waals surface area contributed by atoms with Crippen molar-refractivity contribution in [3.05, 3.63) is 16.7 Å². The normalized spacial score (nSPS) is 29.8. The molecule has 4 N–H and O–H groups in total. The van der Waals surface area contributed by atoms with Crippen molar-refractivity contribution in [2.75, 3.05) is 45.2 Å². The van der Waals surface area contributed by atoms with Gasteiger partial charge in [-0.1, -0.05) is 11.8 Å². The first-order chi connectivity index (χ1) is 13.2. The van der Waals surface area contributed by atoms with E-state index in [1.807, 2.05) is 0 Å². The van der Waals surface area contributed by atoms with E-state index >= 15 is 0 Å². The number of nitrogens with zero attached hydrogens (tertiary/aromatic N) is 4. The molecule has 0 bridgehead atoms. The number of anilines is 1. The lowest BCUT2D eigenvalue weighted by atomic mass is 9.90. The van der Waals surface area contributed by atoms with Crippen LogP contribution in [0.4, 0.5) is 5.82 Å². The van der Waals surface area contributed by atoms with Crippen LogP contribution in [0.2, 0.25) is 0 Å². The standard InChI is InChI=1S/C18H24N6O2S/c19-16-12-9-26-6-1-11(12)13-14-15(27-17(13)23-16)18(20,22-10-21-14)2-3-24-4-7-25-8-5-24/h10,15H,1-9,20H2,(H2,19,23). The molecule has 0 saturated carbocycles. The Hall–Kier alpha value is -1.52. The highest BCUT2D eigenvalue weighted by molar-refractivity contribution is 8.01. The van der Waals surface area contributed by atoms with Gasteiger partial charge in [-0.3, -0.25) is 4.90 Å². The summed E-state index contributed by atoms with van der Waals surface area (Å²) >= 11 is 1.66. The van der Waals surface area contributed by atoms with Gasteiger partial charge in [-0.2, -0.15) is 0 Å². The number of hydrogen-bond acceptors (Lipinski definition) is 9. The number of nitrogen functional groups attached to an aromatic ring is 1. The molecule has 0 amide bonds. The monoisotopic (exact) mass is 388 g/mol. The smallest absolute Gasteiger partial charge is 0.130 e. The van der Waals surface area contributed by atoms with E-state index < -0.39 is 5.66 Å². The Labute approximate surface area is 162 Å². The van der Waals surface area contributed by atoms with E-state index in [9.17, 15) is 0 Å². The summed E-state index contributed by atoms with van der Waals surface area (Å²) in [5.41, 5.74) is 16.7. The van der Waals surface area contributed by atoms with Crippen molar-refractivity contribution < 1.29 is 9.47 Å². The van der Waals surface area contributed by atoms with Crippen LogP contribution in [0.25, 0.3) is 0 Å². The fourth-order valence-electron chi connectivity index (χ4n) is 4.20. The number of thioether (sulfide) groups is 1. The number of nitrogens with two attached hydrogens (primary N) is 2. The van der Waals surface area contributed by atoms with Crippen molar-refractivity contribution in [2.24, 2.45) is 15.7 Å². The van der Waals surface area contributed by atoms with Gasteiger partial charge in [0, 0.05) is 30.8 Å². The molecule has 4 aliphatic rings. The molecule has 8 nitrogen and oxygen atoms in total. The van der Waals surface area contributed by atoms with Gasteiger partial charge >= 0.3 is 0 Å². The number of rotatable bonds is 3. The summed E-state index contributed by atoms with van der Waals surface area (Å²) in [6, 6.07) is 0. The number of hydrogen-bond donors (Lipinski definition) is 2. The maximum Gasteiger partial charge on any atom is 0.130 e. The van der Waals surface area contributed by atoms with Crippen molar-refractivity contribution >= 4 is 29.6 Å². The third-order valence-corrected chi connectivity index (χ3v) is 7.15. The van der Waals surface area contributed by atoms with Gasteiger partial charge in [-0.05, 0) is 18.4 Å². The molecule has 5 heterocycles. The van der Waals surface area contributed by atoms with Gasteiger partial charge in [0.15, 0.2) is 0 Å². The maximum absolute atomic E-state index is 6.81. The summed E-state index contributed by atoms with van der Waals surface area (Å²) < 4.78 is 11.0. The first-order valence-electron chi connectivity index (χ1n) is 9.42. The number of pyridine rings is 1. The fourth-order valence-corrected chi connectivity index (χ4v) is 5.59. The molecule has 5 rings (SSSR count). The molecule has 0 spiro atoms. The quantitative estimate of drug-likeness (QED) is 0.772. The summed E-state index contributed by atoms with van der Waals surface area (Å²) in [6.07, 6.45) is 3.23. The second kappa shape index (κ2) is 6.82. The highest BCUT2D eigenvalue weighted by atomic mass is 32.2. The molecule has 1 aromatic heterocycles. The van der Waals surface area contributed by atoms with Gasteiger partial charge in [0.25, 0.3) is 0 Å². The second-order valence-corrected chi connectivity index (χ2v) is 8.48. The van der Waals surface area contributed by atoms with E-state index in [4.69, 9.17) is 20.9 Å². The molecular formula is C18H24N6O2S. The average Bonchev–Trinajstić information content (AvgIpc) is 3.08. The number of aliphatic imine (C=N–C) groups is 2. The van der Waals surface area contributed by atoms with Crippen LogP contribution in [0.15, 0.2) is 15.0 Å². The summed E-state index contributed by atoms with van der Waals surface area (Å²) in [4.78, 5) is 16.3. The van der Waals surface area contributed by atoms with Crippen LogP contribution in [0.1, 0.15) is 23.1 Å². The lowest BCUT2D eigenvalue weighted by Gasteiger charge is -2.35. The predicted molar refractivity (Wildman–Crippen MR) is 105 cm³/mol. The Bertz CT molecular complexity index is 823. The minimum Gasteiger partial charge on any atom is -0.383 e. The summed E-state index contributed by atoms with van der Waals surface area (Å²) in [7, 11) is 0. The maximum atomic E-state index is 6.81. The predicted octanol–water partition coefficient (Wildman–Crippen LogP) is 0.419. The average molecular weight is 388 g/mol. The Morgan fingerprint density at radius 1 is 1.22 bits per heavy atom. The molecule has 27 heavy (non-hydrogen) atoms. The van der Waals surface area contributed by atoms with Gasteiger partial charge in [0.05, 0.1) is 37.4 Å². The van der Waals surface area contributed by atoms with Crippen LogP contribution in [0.3, 0.4) is 0 Å². The highest BCUT2D eigenvalue weighted by Crippen LogP contribution is 2.46. The molecule has 0 radical (unpaired) electrons. The first-order valence-corrected chi connectivity index (χ1v) is 10.3. The molecule has 1 saturated heterocycles.